The van der Waals surface area contributed by atoms with E-state index in [0.29, 0.717) is 15.8 Å². The average molecular weight is 297 g/mol. The molecule has 2 aromatic carbocycles. The topological polar surface area (TPSA) is 46.5 Å². The van der Waals surface area contributed by atoms with Gasteiger partial charge in [0, 0.05) is 10.0 Å². The molecule has 0 amide bonds. The highest BCUT2D eigenvalue weighted by atomic mass is 35.5. The van der Waals surface area contributed by atoms with Crippen LogP contribution in [0.15, 0.2) is 36.4 Å². The van der Waals surface area contributed by atoms with Crippen molar-refractivity contribution in [2.45, 2.75) is 0 Å². The number of benzene rings is 2. The first-order valence-corrected chi connectivity index (χ1v) is 6.14. The number of carboxylic acid groups (broad SMARTS) is 1. The van der Waals surface area contributed by atoms with Gasteiger partial charge in [-0.3, -0.25) is 0 Å². The van der Waals surface area contributed by atoms with Gasteiger partial charge in [0.05, 0.1) is 7.11 Å². The van der Waals surface area contributed by atoms with E-state index in [1.54, 1.807) is 30.3 Å². The normalized spacial score (nSPS) is 10.3. The molecule has 2 rings (SSSR count). The number of methoxy groups -OCH3 is 1. The van der Waals surface area contributed by atoms with Crippen LogP contribution in [0.2, 0.25) is 10.0 Å². The van der Waals surface area contributed by atoms with Crippen molar-refractivity contribution >= 4 is 29.2 Å². The first-order valence-electron chi connectivity index (χ1n) is 5.39. The Morgan fingerprint density at radius 2 is 1.68 bits per heavy atom. The van der Waals surface area contributed by atoms with Crippen molar-refractivity contribution in [1.29, 1.82) is 0 Å². The van der Waals surface area contributed by atoms with Gasteiger partial charge in [-0.25, -0.2) is 4.79 Å². The van der Waals surface area contributed by atoms with E-state index < -0.39 is 5.97 Å². The molecule has 0 aliphatic rings. The minimum Gasteiger partial charge on any atom is -0.496 e. The van der Waals surface area contributed by atoms with Crippen molar-refractivity contribution in [1.82, 2.24) is 0 Å². The molecule has 19 heavy (non-hydrogen) atoms. The van der Waals surface area contributed by atoms with Gasteiger partial charge in [-0.1, -0.05) is 29.3 Å². The van der Waals surface area contributed by atoms with Crippen LogP contribution in [0.25, 0.3) is 11.1 Å². The zero-order valence-corrected chi connectivity index (χ0v) is 11.5. The number of carbonyl (C=O) groups is 1. The predicted molar refractivity (Wildman–Crippen MR) is 75.4 cm³/mol. The van der Waals surface area contributed by atoms with Crippen LogP contribution in [0.5, 0.6) is 5.75 Å². The monoisotopic (exact) mass is 296 g/mol. The van der Waals surface area contributed by atoms with Gasteiger partial charge in [0.2, 0.25) is 0 Å². The molecule has 0 aliphatic carbocycles. The Morgan fingerprint density at radius 3 is 2.21 bits per heavy atom. The largest absolute Gasteiger partial charge is 0.496 e. The highest BCUT2D eigenvalue weighted by Crippen LogP contribution is 2.31. The first-order chi connectivity index (χ1) is 9.01. The molecule has 0 saturated heterocycles. The second-order valence-corrected chi connectivity index (χ2v) is 4.75. The summed E-state index contributed by atoms with van der Waals surface area (Å²) in [6, 6.07) is 9.96. The van der Waals surface area contributed by atoms with Crippen molar-refractivity contribution in [3.63, 3.8) is 0 Å². The van der Waals surface area contributed by atoms with Gasteiger partial charge in [-0.2, -0.15) is 0 Å². The highest BCUT2D eigenvalue weighted by molar-refractivity contribution is 6.35. The molecule has 0 aromatic heterocycles. The van der Waals surface area contributed by atoms with E-state index in [4.69, 9.17) is 33.0 Å². The lowest BCUT2D eigenvalue weighted by atomic mass is 10.0. The molecule has 0 saturated carbocycles. The molecule has 2 aromatic rings. The zero-order valence-electron chi connectivity index (χ0n) is 9.98. The third kappa shape index (κ3) is 3.00. The smallest absolute Gasteiger partial charge is 0.339 e. The fourth-order valence-corrected chi connectivity index (χ4v) is 2.29. The van der Waals surface area contributed by atoms with Crippen molar-refractivity contribution in [2.75, 3.05) is 7.11 Å². The summed E-state index contributed by atoms with van der Waals surface area (Å²) in [7, 11) is 1.43. The second kappa shape index (κ2) is 5.51. The Bertz CT molecular complexity index is 618. The predicted octanol–water partition coefficient (Wildman–Crippen LogP) is 4.37. The van der Waals surface area contributed by atoms with Gasteiger partial charge in [-0.15, -0.1) is 0 Å². The van der Waals surface area contributed by atoms with Gasteiger partial charge in [0.25, 0.3) is 0 Å². The number of carboxylic acids is 1. The first kappa shape index (κ1) is 13.7. The maximum absolute atomic E-state index is 11.0. The number of rotatable bonds is 3. The molecular weight excluding hydrogens is 287 g/mol. The molecule has 0 radical (unpaired) electrons. The average Bonchev–Trinajstić information content (AvgIpc) is 2.36. The van der Waals surface area contributed by atoms with Gasteiger partial charge in [0.1, 0.15) is 11.3 Å². The number of hydrogen-bond donors (Lipinski definition) is 1. The van der Waals surface area contributed by atoms with E-state index in [2.05, 4.69) is 0 Å². The Labute approximate surface area is 120 Å². The summed E-state index contributed by atoms with van der Waals surface area (Å²) in [6.45, 7) is 0. The third-order valence-electron chi connectivity index (χ3n) is 2.63. The van der Waals surface area contributed by atoms with Crippen molar-refractivity contribution in [3.05, 3.63) is 52.0 Å². The van der Waals surface area contributed by atoms with Crippen LogP contribution in [0.3, 0.4) is 0 Å². The molecule has 0 bridgehead atoms. The van der Waals surface area contributed by atoms with E-state index in [1.807, 2.05) is 0 Å². The fraction of sp³-hybridized carbons (Fsp3) is 0.0714. The maximum atomic E-state index is 11.0. The molecule has 0 aliphatic heterocycles. The second-order valence-electron chi connectivity index (χ2n) is 3.88. The summed E-state index contributed by atoms with van der Waals surface area (Å²) in [5.41, 5.74) is 1.69. The summed E-state index contributed by atoms with van der Waals surface area (Å²) in [5, 5.41) is 10.1. The maximum Gasteiger partial charge on any atom is 0.339 e. The fourth-order valence-electron chi connectivity index (χ4n) is 1.77. The van der Waals surface area contributed by atoms with E-state index in [-0.39, 0.29) is 5.56 Å². The summed E-state index contributed by atoms with van der Waals surface area (Å²) >= 11 is 11.9. The third-order valence-corrected chi connectivity index (χ3v) is 3.06. The van der Waals surface area contributed by atoms with Gasteiger partial charge in [0.15, 0.2) is 0 Å². The molecule has 5 heteroatoms. The lowest BCUT2D eigenvalue weighted by molar-refractivity contribution is 0.0693. The van der Waals surface area contributed by atoms with Crippen molar-refractivity contribution in [2.24, 2.45) is 0 Å². The SMILES string of the molecule is COc1cc(-c2cc(Cl)cc(Cl)c2)ccc1C(=O)O. The standard InChI is InChI=1S/C14H10Cl2O3/c1-19-13-6-8(2-3-12(13)14(17)18)9-4-10(15)7-11(16)5-9/h2-7H,1H3,(H,17,18). The van der Waals surface area contributed by atoms with Crippen LogP contribution >= 0.6 is 23.2 Å². The Morgan fingerprint density at radius 1 is 1.05 bits per heavy atom. The van der Waals surface area contributed by atoms with Crippen LogP contribution in [0.4, 0.5) is 0 Å². The van der Waals surface area contributed by atoms with Gasteiger partial charge < -0.3 is 9.84 Å². The highest BCUT2D eigenvalue weighted by Gasteiger charge is 2.12. The van der Waals surface area contributed by atoms with E-state index in [9.17, 15) is 4.79 Å². The number of hydrogen-bond acceptors (Lipinski definition) is 2. The minimum absolute atomic E-state index is 0.111. The molecule has 0 atom stereocenters. The Hall–Kier alpha value is -1.71. The minimum atomic E-state index is -1.03. The molecule has 0 heterocycles. The molecule has 1 N–H and O–H groups in total. The van der Waals surface area contributed by atoms with E-state index in [1.165, 1.54) is 13.2 Å². The molecule has 98 valence electrons. The molecule has 3 nitrogen and oxygen atoms in total. The summed E-state index contributed by atoms with van der Waals surface area (Å²) in [4.78, 5) is 11.0. The van der Waals surface area contributed by atoms with Crippen molar-refractivity contribution < 1.29 is 14.6 Å². The number of aromatic carboxylic acids is 1. The summed E-state index contributed by atoms with van der Waals surface area (Å²) < 4.78 is 5.08. The van der Waals surface area contributed by atoms with Crippen LogP contribution in [0.1, 0.15) is 10.4 Å². The van der Waals surface area contributed by atoms with Crippen LogP contribution in [-0.4, -0.2) is 18.2 Å². The van der Waals surface area contributed by atoms with Gasteiger partial charge in [-0.05, 0) is 41.5 Å². The van der Waals surface area contributed by atoms with E-state index in [0.717, 1.165) is 11.1 Å². The number of halogens is 2. The van der Waals surface area contributed by atoms with Crippen molar-refractivity contribution in [3.8, 4) is 16.9 Å². The van der Waals surface area contributed by atoms with Crippen LogP contribution < -0.4 is 4.74 Å². The molecule has 0 unspecified atom stereocenters. The number of ether oxygens (including phenoxy) is 1. The Balaban J connectivity index is 2.54. The lowest BCUT2D eigenvalue weighted by Crippen LogP contribution is -2.00. The Kier molecular flexibility index (Phi) is 3.98. The van der Waals surface area contributed by atoms with Gasteiger partial charge >= 0.3 is 5.97 Å². The zero-order chi connectivity index (χ0) is 14.0. The van der Waals surface area contributed by atoms with Crippen LogP contribution in [-0.2, 0) is 0 Å². The summed E-state index contributed by atoms with van der Waals surface area (Å²) in [6.07, 6.45) is 0. The quantitative estimate of drug-likeness (QED) is 0.915. The molecule has 0 fully saturated rings. The van der Waals surface area contributed by atoms with Crippen LogP contribution in [0, 0.1) is 0 Å². The molecule has 0 spiro atoms. The van der Waals surface area contributed by atoms with E-state index >= 15 is 0 Å². The summed E-state index contributed by atoms with van der Waals surface area (Å²) in [5.74, 6) is -0.742. The molecular formula is C14H10Cl2O3. The lowest BCUT2D eigenvalue weighted by Gasteiger charge is -2.09.